The van der Waals surface area contributed by atoms with Crippen molar-refractivity contribution in [2.75, 3.05) is 20.3 Å². The van der Waals surface area contributed by atoms with Crippen LogP contribution in [0.2, 0.25) is 0 Å². The summed E-state index contributed by atoms with van der Waals surface area (Å²) in [6.45, 7) is 3.19. The summed E-state index contributed by atoms with van der Waals surface area (Å²) in [6.07, 6.45) is 0.691. The Bertz CT molecular complexity index is 1190. The molecule has 0 fully saturated rings. The summed E-state index contributed by atoms with van der Waals surface area (Å²) in [7, 11) is 1.22. The van der Waals surface area contributed by atoms with Crippen LogP contribution in [0.15, 0.2) is 75.8 Å². The highest BCUT2D eigenvalue weighted by Crippen LogP contribution is 2.44. The Hall–Kier alpha value is -3.59. The number of hydrogen-bond acceptors (Lipinski definition) is 7. The van der Waals surface area contributed by atoms with Gasteiger partial charge in [0.2, 0.25) is 5.88 Å². The molecule has 2 aromatic rings. The van der Waals surface area contributed by atoms with Crippen LogP contribution in [0.1, 0.15) is 30.9 Å². The zero-order valence-corrected chi connectivity index (χ0v) is 21.3. The van der Waals surface area contributed by atoms with Crippen molar-refractivity contribution >= 4 is 33.6 Å². The largest absolute Gasteiger partial charge is 0.483 e. The second-order valence-corrected chi connectivity index (χ2v) is 8.80. The van der Waals surface area contributed by atoms with E-state index in [9.17, 15) is 14.4 Å². The van der Waals surface area contributed by atoms with E-state index in [-0.39, 0.29) is 41.1 Å². The second-order valence-electron chi connectivity index (χ2n) is 7.89. The fourth-order valence-electron chi connectivity index (χ4n) is 3.92. The zero-order valence-electron chi connectivity index (χ0n) is 19.7. The second kappa shape index (κ2) is 11.7. The Morgan fingerprint density at radius 1 is 1.11 bits per heavy atom. The van der Waals surface area contributed by atoms with Crippen LogP contribution in [0.5, 0.6) is 5.75 Å². The van der Waals surface area contributed by atoms with E-state index in [4.69, 9.17) is 19.9 Å². The molecule has 3 rings (SSSR count). The van der Waals surface area contributed by atoms with E-state index >= 15 is 0 Å². The molecule has 1 amide bonds. The van der Waals surface area contributed by atoms with Crippen LogP contribution in [-0.4, -0.2) is 37.9 Å². The number of allylic oxidation sites excluding steroid dienone is 2. The van der Waals surface area contributed by atoms with Crippen LogP contribution >= 0.6 is 15.9 Å². The quantitative estimate of drug-likeness (QED) is 0.465. The molecule has 2 aromatic carbocycles. The molecule has 1 aliphatic heterocycles. The topological polar surface area (TPSA) is 117 Å². The summed E-state index contributed by atoms with van der Waals surface area (Å²) in [4.78, 5) is 37.7. The molecule has 1 heterocycles. The van der Waals surface area contributed by atoms with Crippen LogP contribution in [0.25, 0.3) is 0 Å². The molecule has 0 radical (unpaired) electrons. The van der Waals surface area contributed by atoms with E-state index in [1.807, 2.05) is 30.3 Å². The molecule has 0 saturated carbocycles. The summed E-state index contributed by atoms with van der Waals surface area (Å²) in [5, 5.41) is 2.83. The number of ketones is 1. The van der Waals surface area contributed by atoms with E-state index in [1.54, 1.807) is 25.1 Å². The van der Waals surface area contributed by atoms with Crippen LogP contribution in [0.3, 0.4) is 0 Å². The SMILES string of the molecule is COC(=O)C1=C(N)OC(C)=C(C(C)=O)[C@@H]1c1cc(Br)ccc1OCC(=O)NCCc1ccccc1. The molecule has 0 bridgehead atoms. The molecular weight excluding hydrogens is 516 g/mol. The Kier molecular flexibility index (Phi) is 8.70. The molecule has 9 heteroatoms. The van der Waals surface area contributed by atoms with E-state index in [0.29, 0.717) is 28.8 Å². The number of carbonyl (C=O) groups is 3. The van der Waals surface area contributed by atoms with Gasteiger partial charge in [0.15, 0.2) is 12.4 Å². The van der Waals surface area contributed by atoms with Crippen molar-refractivity contribution in [1.82, 2.24) is 5.32 Å². The summed E-state index contributed by atoms with van der Waals surface area (Å²) in [6, 6.07) is 14.9. The van der Waals surface area contributed by atoms with Crippen molar-refractivity contribution in [2.24, 2.45) is 5.73 Å². The molecule has 3 N–H and O–H groups in total. The van der Waals surface area contributed by atoms with Gasteiger partial charge in [-0.3, -0.25) is 9.59 Å². The number of benzene rings is 2. The number of methoxy groups -OCH3 is 1. The molecule has 35 heavy (non-hydrogen) atoms. The van der Waals surface area contributed by atoms with E-state index in [0.717, 1.165) is 5.56 Å². The van der Waals surface area contributed by atoms with Gasteiger partial charge in [0.1, 0.15) is 17.1 Å². The average molecular weight is 543 g/mol. The van der Waals surface area contributed by atoms with Gasteiger partial charge in [0.25, 0.3) is 5.91 Å². The molecule has 0 aliphatic carbocycles. The molecule has 0 aromatic heterocycles. The first kappa shape index (κ1) is 26.0. The summed E-state index contributed by atoms with van der Waals surface area (Å²) < 4.78 is 16.9. The van der Waals surface area contributed by atoms with Gasteiger partial charge in [-0.25, -0.2) is 4.79 Å². The number of esters is 1. The normalized spacial score (nSPS) is 15.4. The Labute approximate surface area is 212 Å². The molecule has 184 valence electrons. The maximum atomic E-state index is 12.6. The monoisotopic (exact) mass is 542 g/mol. The van der Waals surface area contributed by atoms with Gasteiger partial charge in [-0.1, -0.05) is 46.3 Å². The average Bonchev–Trinajstić information content (AvgIpc) is 2.82. The number of nitrogens with one attached hydrogen (secondary N) is 1. The minimum atomic E-state index is -0.901. The predicted octanol–water partition coefficient (Wildman–Crippen LogP) is 3.51. The Morgan fingerprint density at radius 3 is 2.49 bits per heavy atom. The zero-order chi connectivity index (χ0) is 25.5. The van der Waals surface area contributed by atoms with Crippen molar-refractivity contribution in [1.29, 1.82) is 0 Å². The minimum absolute atomic E-state index is 0.0152. The smallest absolute Gasteiger partial charge is 0.340 e. The van der Waals surface area contributed by atoms with E-state index in [2.05, 4.69) is 21.2 Å². The van der Waals surface area contributed by atoms with Crippen molar-refractivity contribution in [3.05, 3.63) is 86.9 Å². The maximum Gasteiger partial charge on any atom is 0.340 e. The maximum absolute atomic E-state index is 12.6. The number of Topliss-reactive ketones (excluding diaryl/α,β-unsaturated/α-hetero) is 1. The first-order valence-corrected chi connectivity index (χ1v) is 11.7. The number of carbonyl (C=O) groups excluding carboxylic acids is 3. The first-order chi connectivity index (χ1) is 16.7. The predicted molar refractivity (Wildman–Crippen MR) is 133 cm³/mol. The third-order valence-electron chi connectivity index (χ3n) is 5.49. The number of rotatable bonds is 9. The lowest BCUT2D eigenvalue weighted by Crippen LogP contribution is -2.31. The van der Waals surface area contributed by atoms with Crippen molar-refractivity contribution in [2.45, 2.75) is 26.2 Å². The summed E-state index contributed by atoms with van der Waals surface area (Å²) >= 11 is 3.43. The van der Waals surface area contributed by atoms with Crippen LogP contribution in [0, 0.1) is 0 Å². The molecular formula is C26H27BrN2O6. The van der Waals surface area contributed by atoms with E-state index in [1.165, 1.54) is 14.0 Å². The molecule has 1 aliphatic rings. The van der Waals surface area contributed by atoms with Gasteiger partial charge < -0.3 is 25.3 Å². The number of amides is 1. The lowest BCUT2D eigenvalue weighted by Gasteiger charge is -2.29. The van der Waals surface area contributed by atoms with Crippen molar-refractivity contribution in [3.8, 4) is 5.75 Å². The fourth-order valence-corrected chi connectivity index (χ4v) is 4.30. The molecule has 0 spiro atoms. The highest BCUT2D eigenvalue weighted by atomic mass is 79.9. The summed E-state index contributed by atoms with van der Waals surface area (Å²) in [5.41, 5.74) is 7.85. The fraction of sp³-hybridized carbons (Fsp3) is 0.269. The van der Waals surface area contributed by atoms with Gasteiger partial charge in [-0.05, 0) is 44.0 Å². The number of nitrogens with two attached hydrogens (primary N) is 1. The summed E-state index contributed by atoms with van der Waals surface area (Å²) in [5.74, 6) is -1.80. The third kappa shape index (κ3) is 6.30. The van der Waals surface area contributed by atoms with Crippen LogP contribution in [0.4, 0.5) is 0 Å². The van der Waals surface area contributed by atoms with Gasteiger partial charge in [0.05, 0.1) is 13.0 Å². The van der Waals surface area contributed by atoms with Gasteiger partial charge in [0, 0.05) is 22.2 Å². The molecule has 0 unspecified atom stereocenters. The van der Waals surface area contributed by atoms with Gasteiger partial charge in [-0.2, -0.15) is 0 Å². The first-order valence-electron chi connectivity index (χ1n) is 10.9. The van der Waals surface area contributed by atoms with E-state index < -0.39 is 11.9 Å². The lowest BCUT2D eigenvalue weighted by atomic mass is 9.80. The van der Waals surface area contributed by atoms with Gasteiger partial charge >= 0.3 is 5.97 Å². The number of halogens is 1. The third-order valence-corrected chi connectivity index (χ3v) is 5.98. The van der Waals surface area contributed by atoms with Gasteiger partial charge in [-0.15, -0.1) is 0 Å². The highest BCUT2D eigenvalue weighted by Gasteiger charge is 2.39. The molecule has 1 atom stereocenters. The number of hydrogen-bond donors (Lipinski definition) is 2. The van der Waals surface area contributed by atoms with Crippen molar-refractivity contribution < 1.29 is 28.6 Å². The lowest BCUT2D eigenvalue weighted by molar-refractivity contribution is -0.136. The van der Waals surface area contributed by atoms with Crippen LogP contribution < -0.4 is 15.8 Å². The Balaban J connectivity index is 1.85. The Morgan fingerprint density at radius 2 is 1.83 bits per heavy atom. The van der Waals surface area contributed by atoms with Crippen LogP contribution in [-0.2, 0) is 30.3 Å². The standard InChI is InChI=1S/C26H27BrN2O6/c1-15(30)22-16(2)35-25(28)24(26(32)33-3)23(22)19-13-18(27)9-10-20(19)34-14-21(31)29-12-11-17-7-5-4-6-8-17/h4-10,13,23H,11-12,14,28H2,1-3H3,(H,29,31)/t23-/m0/s1. The molecule has 0 saturated heterocycles. The molecule has 8 nitrogen and oxygen atoms in total. The minimum Gasteiger partial charge on any atom is -0.483 e. The van der Waals surface area contributed by atoms with Crippen molar-refractivity contribution in [3.63, 3.8) is 0 Å². The number of ether oxygens (including phenoxy) is 3. The highest BCUT2D eigenvalue weighted by molar-refractivity contribution is 9.10.